The number of aliphatic carboxylic acids is 1. The van der Waals surface area contributed by atoms with E-state index in [-0.39, 0.29) is 0 Å². The Hall–Kier alpha value is -1.60. The largest absolute Gasteiger partial charge is 0.479 e. The molecule has 0 bridgehead atoms. The summed E-state index contributed by atoms with van der Waals surface area (Å²) < 4.78 is 0. The molecular weight excluding hydrogens is 232 g/mol. The quantitative estimate of drug-likeness (QED) is 0.640. The molecule has 16 heavy (non-hydrogen) atoms. The van der Waals surface area contributed by atoms with Crippen LogP contribution in [0.5, 0.6) is 0 Å². The highest BCUT2D eigenvalue weighted by Gasteiger charge is 2.01. The summed E-state index contributed by atoms with van der Waals surface area (Å²) in [4.78, 5) is 25.5. The Labute approximate surface area is 96.2 Å². The highest BCUT2D eigenvalue weighted by atomic mass is 32.1. The van der Waals surface area contributed by atoms with Crippen molar-refractivity contribution < 1.29 is 19.5 Å². The second-order valence-electron chi connectivity index (χ2n) is 2.92. The fourth-order valence-electron chi connectivity index (χ4n) is 0.955. The average molecular weight is 244 g/mol. The molecule has 1 aromatic rings. The molecule has 0 saturated heterocycles. The van der Waals surface area contributed by atoms with E-state index in [9.17, 15) is 9.59 Å². The Morgan fingerprint density at radius 1 is 1.50 bits per heavy atom. The zero-order chi connectivity index (χ0) is 11.8. The number of carboxylic acids is 1. The van der Waals surface area contributed by atoms with Gasteiger partial charge in [0, 0.05) is 6.54 Å². The average Bonchev–Trinajstić information content (AvgIpc) is 2.70. The lowest BCUT2D eigenvalue weighted by Crippen LogP contribution is -2.37. The number of carbonyl (C=O) groups excluding carboxylic acids is 1. The van der Waals surface area contributed by atoms with Gasteiger partial charge in [-0.2, -0.15) is 11.3 Å². The fraction of sp³-hybridized carbons (Fsp3) is 0.333. The van der Waals surface area contributed by atoms with Crippen molar-refractivity contribution in [3.05, 3.63) is 22.4 Å². The van der Waals surface area contributed by atoms with Crippen LogP contribution in [0.4, 0.5) is 4.79 Å². The van der Waals surface area contributed by atoms with E-state index < -0.39 is 18.6 Å². The Balaban J connectivity index is 2.04. The molecule has 0 aliphatic carbocycles. The van der Waals surface area contributed by atoms with Gasteiger partial charge in [-0.1, -0.05) is 0 Å². The first-order valence-corrected chi connectivity index (χ1v) is 5.51. The van der Waals surface area contributed by atoms with Gasteiger partial charge in [0.2, 0.25) is 0 Å². The predicted molar refractivity (Wildman–Crippen MR) is 58.1 cm³/mol. The molecule has 0 aromatic carbocycles. The SMILES string of the molecule is O=C(O)CONC(=O)NCCc1ccsc1. The Morgan fingerprint density at radius 2 is 2.31 bits per heavy atom. The molecule has 0 aliphatic rings. The van der Waals surface area contributed by atoms with Gasteiger partial charge in [0.15, 0.2) is 6.61 Å². The molecule has 3 N–H and O–H groups in total. The maximum Gasteiger partial charge on any atom is 0.338 e. The first-order valence-electron chi connectivity index (χ1n) is 4.57. The minimum atomic E-state index is -1.14. The lowest BCUT2D eigenvalue weighted by atomic mass is 10.2. The number of amides is 2. The summed E-state index contributed by atoms with van der Waals surface area (Å²) in [6.45, 7) is -0.0864. The number of nitrogens with one attached hydrogen (secondary N) is 2. The van der Waals surface area contributed by atoms with E-state index >= 15 is 0 Å². The molecule has 0 radical (unpaired) electrons. The summed E-state index contributed by atoms with van der Waals surface area (Å²) in [6.07, 6.45) is 0.732. The van der Waals surface area contributed by atoms with Gasteiger partial charge in [0.1, 0.15) is 0 Å². The van der Waals surface area contributed by atoms with E-state index in [0.29, 0.717) is 6.54 Å². The first-order chi connectivity index (χ1) is 7.68. The summed E-state index contributed by atoms with van der Waals surface area (Å²) in [5.74, 6) is -1.14. The number of hydrogen-bond acceptors (Lipinski definition) is 4. The van der Waals surface area contributed by atoms with Crippen LogP contribution in [0.1, 0.15) is 5.56 Å². The summed E-state index contributed by atoms with van der Waals surface area (Å²) in [5.41, 5.74) is 3.12. The van der Waals surface area contributed by atoms with E-state index in [4.69, 9.17) is 5.11 Å². The van der Waals surface area contributed by atoms with Crippen LogP contribution in [0.3, 0.4) is 0 Å². The maximum atomic E-state index is 11.0. The molecule has 0 atom stereocenters. The number of rotatable bonds is 6. The third kappa shape index (κ3) is 5.32. The number of carbonyl (C=O) groups is 2. The van der Waals surface area contributed by atoms with Crippen molar-refractivity contribution in [1.82, 2.24) is 10.8 Å². The standard InChI is InChI=1S/C9H12N2O4S/c12-8(13)5-15-11-9(14)10-3-1-7-2-4-16-6-7/h2,4,6H,1,3,5H2,(H,12,13)(H2,10,11,14). The number of thiophene rings is 1. The molecule has 0 unspecified atom stereocenters. The van der Waals surface area contributed by atoms with E-state index in [2.05, 4.69) is 10.2 Å². The predicted octanol–water partition coefficient (Wildman–Crippen LogP) is 0.606. The van der Waals surface area contributed by atoms with Gasteiger partial charge in [-0.3, -0.25) is 4.84 Å². The molecule has 7 heteroatoms. The van der Waals surface area contributed by atoms with Gasteiger partial charge >= 0.3 is 12.0 Å². The Morgan fingerprint density at radius 3 is 2.94 bits per heavy atom. The third-order valence-corrected chi connectivity index (χ3v) is 2.37. The monoisotopic (exact) mass is 244 g/mol. The number of urea groups is 1. The third-order valence-electron chi connectivity index (χ3n) is 1.64. The van der Waals surface area contributed by atoms with E-state index in [1.807, 2.05) is 22.3 Å². The van der Waals surface area contributed by atoms with Gasteiger partial charge in [0.05, 0.1) is 0 Å². The molecule has 2 amide bonds. The topological polar surface area (TPSA) is 87.7 Å². The number of hydroxylamine groups is 1. The van der Waals surface area contributed by atoms with Crippen LogP contribution in [0.15, 0.2) is 16.8 Å². The van der Waals surface area contributed by atoms with Crippen LogP contribution in [0.2, 0.25) is 0 Å². The Bertz CT molecular complexity index is 339. The van der Waals surface area contributed by atoms with Crippen LogP contribution in [0, 0.1) is 0 Å². The molecule has 1 aromatic heterocycles. The Kier molecular flexibility index (Phi) is 5.30. The normalized spacial score (nSPS) is 9.75. The van der Waals surface area contributed by atoms with Gasteiger partial charge in [-0.25, -0.2) is 15.1 Å². The fourth-order valence-corrected chi connectivity index (χ4v) is 1.66. The van der Waals surface area contributed by atoms with Gasteiger partial charge in [-0.15, -0.1) is 0 Å². The van der Waals surface area contributed by atoms with Crippen molar-refractivity contribution in [3.63, 3.8) is 0 Å². The molecule has 88 valence electrons. The molecule has 1 rings (SSSR count). The molecule has 6 nitrogen and oxygen atoms in total. The number of hydrogen-bond donors (Lipinski definition) is 3. The number of carboxylic acid groups (broad SMARTS) is 1. The lowest BCUT2D eigenvalue weighted by Gasteiger charge is -2.05. The van der Waals surface area contributed by atoms with Gasteiger partial charge in [0.25, 0.3) is 0 Å². The maximum absolute atomic E-state index is 11.0. The molecule has 0 saturated carbocycles. The second kappa shape index (κ2) is 6.81. The van der Waals surface area contributed by atoms with Crippen LogP contribution in [-0.2, 0) is 16.1 Å². The van der Waals surface area contributed by atoms with Gasteiger partial charge in [-0.05, 0) is 28.8 Å². The summed E-state index contributed by atoms with van der Waals surface area (Å²) in [7, 11) is 0. The van der Waals surface area contributed by atoms with Crippen molar-refractivity contribution >= 4 is 23.3 Å². The summed E-state index contributed by atoms with van der Waals surface area (Å²) >= 11 is 1.60. The minimum absolute atomic E-state index is 0.471. The van der Waals surface area contributed by atoms with Gasteiger partial charge < -0.3 is 10.4 Å². The van der Waals surface area contributed by atoms with Crippen LogP contribution < -0.4 is 10.8 Å². The van der Waals surface area contributed by atoms with Crippen molar-refractivity contribution in [1.29, 1.82) is 0 Å². The van der Waals surface area contributed by atoms with E-state index in [1.165, 1.54) is 0 Å². The lowest BCUT2D eigenvalue weighted by molar-refractivity contribution is -0.144. The van der Waals surface area contributed by atoms with Crippen molar-refractivity contribution in [2.24, 2.45) is 0 Å². The van der Waals surface area contributed by atoms with Crippen LogP contribution in [0.25, 0.3) is 0 Å². The molecule has 0 spiro atoms. The highest BCUT2D eigenvalue weighted by molar-refractivity contribution is 7.07. The second-order valence-corrected chi connectivity index (χ2v) is 3.70. The zero-order valence-corrected chi connectivity index (χ0v) is 9.25. The minimum Gasteiger partial charge on any atom is -0.479 e. The summed E-state index contributed by atoms with van der Waals surface area (Å²) in [5, 5.41) is 14.7. The smallest absolute Gasteiger partial charge is 0.338 e. The zero-order valence-electron chi connectivity index (χ0n) is 8.43. The van der Waals surface area contributed by atoms with Crippen LogP contribution >= 0.6 is 11.3 Å². The first kappa shape index (κ1) is 12.5. The highest BCUT2D eigenvalue weighted by Crippen LogP contribution is 2.05. The van der Waals surface area contributed by atoms with Crippen molar-refractivity contribution in [2.45, 2.75) is 6.42 Å². The molecule has 0 fully saturated rings. The van der Waals surface area contributed by atoms with Crippen molar-refractivity contribution in [2.75, 3.05) is 13.2 Å². The molecule has 0 aliphatic heterocycles. The summed E-state index contributed by atoms with van der Waals surface area (Å²) in [6, 6.07) is 1.43. The van der Waals surface area contributed by atoms with E-state index in [1.54, 1.807) is 11.3 Å². The molecule has 1 heterocycles. The van der Waals surface area contributed by atoms with E-state index in [0.717, 1.165) is 12.0 Å². The van der Waals surface area contributed by atoms with Crippen molar-refractivity contribution in [3.8, 4) is 0 Å². The van der Waals surface area contributed by atoms with Crippen LogP contribution in [-0.4, -0.2) is 30.3 Å². The molecular formula is C9H12N2O4S.